The van der Waals surface area contributed by atoms with Crippen LogP contribution in [-0.2, 0) is 0 Å². The number of nitrogens with zero attached hydrogens (tertiary/aromatic N) is 1. The summed E-state index contributed by atoms with van der Waals surface area (Å²) in [4.78, 5) is 16.5. The molecule has 0 spiro atoms. The van der Waals surface area contributed by atoms with Crippen LogP contribution in [0.1, 0.15) is 15.9 Å². The number of hydrogen-bond donors (Lipinski definition) is 0. The van der Waals surface area contributed by atoms with Gasteiger partial charge in [-0.15, -0.1) is 0 Å². The number of carbonyl (C=O) groups is 1. The monoisotopic (exact) mass is 315 g/mol. The predicted octanol–water partition coefficient (Wildman–Crippen LogP) is 5.24. The van der Waals surface area contributed by atoms with E-state index in [1.807, 2.05) is 43.3 Å². The summed E-state index contributed by atoms with van der Waals surface area (Å²) in [6.45, 7) is 1.85. The van der Waals surface area contributed by atoms with Crippen molar-refractivity contribution in [2.45, 2.75) is 6.92 Å². The van der Waals surface area contributed by atoms with Crippen LogP contribution in [0.15, 0.2) is 48.5 Å². The third kappa shape index (κ3) is 2.41. The minimum Gasteiger partial charge on any atom is -0.276 e. The Balaban J connectivity index is 2.45. The molecule has 3 aromatic rings. The molecule has 0 bridgehead atoms. The van der Waals surface area contributed by atoms with Gasteiger partial charge in [0.05, 0.1) is 16.2 Å². The van der Waals surface area contributed by atoms with Crippen molar-refractivity contribution >= 4 is 39.3 Å². The normalized spacial score (nSPS) is 10.8. The van der Waals surface area contributed by atoms with Crippen LogP contribution in [0.5, 0.6) is 0 Å². The number of rotatable bonds is 2. The maximum absolute atomic E-state index is 11.9. The Kier molecular flexibility index (Phi) is 3.66. The van der Waals surface area contributed by atoms with E-state index in [0.29, 0.717) is 21.5 Å². The molecule has 0 aliphatic rings. The SMILES string of the molecule is Cc1c(-c2ccccc2)nc2c(Cl)cccc2c1C(=O)Cl. The lowest BCUT2D eigenvalue weighted by molar-refractivity contribution is 0.108. The molecule has 0 saturated heterocycles. The molecule has 0 unspecified atom stereocenters. The van der Waals surface area contributed by atoms with E-state index >= 15 is 0 Å². The molecule has 2 aromatic carbocycles. The summed E-state index contributed by atoms with van der Waals surface area (Å²) in [6, 6.07) is 15.0. The average Bonchev–Trinajstić information content (AvgIpc) is 2.47. The maximum atomic E-state index is 11.9. The molecule has 0 atom stereocenters. The number of para-hydroxylation sites is 1. The van der Waals surface area contributed by atoms with E-state index in [9.17, 15) is 4.79 Å². The zero-order valence-electron chi connectivity index (χ0n) is 11.2. The molecule has 0 fully saturated rings. The highest BCUT2D eigenvalue weighted by molar-refractivity contribution is 6.69. The molecule has 104 valence electrons. The zero-order valence-corrected chi connectivity index (χ0v) is 12.7. The van der Waals surface area contributed by atoms with Gasteiger partial charge in [0.15, 0.2) is 0 Å². The quantitative estimate of drug-likeness (QED) is 0.605. The average molecular weight is 316 g/mol. The lowest BCUT2D eigenvalue weighted by atomic mass is 9.98. The fraction of sp³-hybridized carbons (Fsp3) is 0.0588. The van der Waals surface area contributed by atoms with Crippen molar-refractivity contribution in [3.8, 4) is 11.3 Å². The molecule has 2 nitrogen and oxygen atoms in total. The number of halogens is 2. The second kappa shape index (κ2) is 5.47. The molecular weight excluding hydrogens is 305 g/mol. The molecule has 0 N–H and O–H groups in total. The molecule has 0 aliphatic heterocycles. The predicted molar refractivity (Wildman–Crippen MR) is 87.1 cm³/mol. The van der Waals surface area contributed by atoms with Crippen molar-refractivity contribution in [2.75, 3.05) is 0 Å². The fourth-order valence-electron chi connectivity index (χ4n) is 2.48. The van der Waals surface area contributed by atoms with E-state index in [1.54, 1.807) is 12.1 Å². The third-order valence-electron chi connectivity index (χ3n) is 3.45. The summed E-state index contributed by atoms with van der Waals surface area (Å²) in [5.41, 5.74) is 3.46. The summed E-state index contributed by atoms with van der Waals surface area (Å²) in [6.07, 6.45) is 0. The zero-order chi connectivity index (χ0) is 15.0. The second-order valence-electron chi connectivity index (χ2n) is 4.74. The van der Waals surface area contributed by atoms with Crippen LogP contribution < -0.4 is 0 Å². The van der Waals surface area contributed by atoms with Crippen LogP contribution in [0, 0.1) is 6.92 Å². The summed E-state index contributed by atoms with van der Waals surface area (Å²) in [5, 5.41) is 0.683. The molecule has 4 heteroatoms. The molecule has 0 amide bonds. The van der Waals surface area contributed by atoms with Crippen molar-refractivity contribution in [2.24, 2.45) is 0 Å². The second-order valence-corrected chi connectivity index (χ2v) is 5.49. The van der Waals surface area contributed by atoms with E-state index in [4.69, 9.17) is 23.2 Å². The summed E-state index contributed by atoms with van der Waals surface area (Å²) in [7, 11) is 0. The van der Waals surface area contributed by atoms with E-state index in [1.165, 1.54) is 0 Å². The molecule has 0 radical (unpaired) electrons. The van der Waals surface area contributed by atoms with Gasteiger partial charge in [-0.25, -0.2) is 4.98 Å². The van der Waals surface area contributed by atoms with Gasteiger partial charge >= 0.3 is 0 Å². The van der Waals surface area contributed by atoms with Crippen molar-refractivity contribution < 1.29 is 4.79 Å². The van der Waals surface area contributed by atoms with Gasteiger partial charge < -0.3 is 0 Å². The van der Waals surface area contributed by atoms with Crippen LogP contribution in [0.4, 0.5) is 0 Å². The number of pyridine rings is 1. The smallest absolute Gasteiger partial charge is 0.253 e. The first-order valence-electron chi connectivity index (χ1n) is 6.43. The van der Waals surface area contributed by atoms with Gasteiger partial charge in [-0.3, -0.25) is 4.79 Å². The van der Waals surface area contributed by atoms with Crippen LogP contribution in [0.25, 0.3) is 22.2 Å². The minimum absolute atomic E-state index is 0.461. The number of fused-ring (bicyclic) bond motifs is 1. The number of carbonyl (C=O) groups excluding carboxylic acids is 1. The molecule has 1 heterocycles. The number of hydrogen-bond acceptors (Lipinski definition) is 2. The van der Waals surface area contributed by atoms with Gasteiger partial charge in [0.1, 0.15) is 0 Å². The Morgan fingerprint density at radius 2 is 1.76 bits per heavy atom. The third-order valence-corrected chi connectivity index (χ3v) is 3.95. The first kappa shape index (κ1) is 14.1. The molecule has 3 rings (SSSR count). The van der Waals surface area contributed by atoms with Crippen LogP contribution >= 0.6 is 23.2 Å². The van der Waals surface area contributed by atoms with E-state index in [0.717, 1.165) is 16.8 Å². The largest absolute Gasteiger partial charge is 0.276 e. The van der Waals surface area contributed by atoms with Gasteiger partial charge in [-0.2, -0.15) is 0 Å². The Bertz CT molecular complexity index is 844. The van der Waals surface area contributed by atoms with E-state index in [-0.39, 0.29) is 0 Å². The molecular formula is C17H11Cl2NO. The van der Waals surface area contributed by atoms with Crippen molar-refractivity contribution in [3.63, 3.8) is 0 Å². The van der Waals surface area contributed by atoms with E-state index in [2.05, 4.69) is 4.98 Å². The Morgan fingerprint density at radius 1 is 1.05 bits per heavy atom. The van der Waals surface area contributed by atoms with Crippen LogP contribution in [0.2, 0.25) is 5.02 Å². The molecule has 1 aromatic heterocycles. The lowest BCUT2D eigenvalue weighted by Crippen LogP contribution is -2.01. The summed E-state index contributed by atoms with van der Waals surface area (Å²) >= 11 is 12.0. The fourth-order valence-corrected chi connectivity index (χ4v) is 2.94. The number of aromatic nitrogens is 1. The van der Waals surface area contributed by atoms with Crippen LogP contribution in [-0.4, -0.2) is 10.2 Å². The minimum atomic E-state index is -0.501. The molecule has 0 aliphatic carbocycles. The Labute approximate surface area is 132 Å². The molecule has 0 saturated carbocycles. The van der Waals surface area contributed by atoms with Crippen molar-refractivity contribution in [1.29, 1.82) is 0 Å². The van der Waals surface area contributed by atoms with Gasteiger partial charge in [0.25, 0.3) is 5.24 Å². The summed E-state index contributed by atoms with van der Waals surface area (Å²) < 4.78 is 0. The van der Waals surface area contributed by atoms with Gasteiger partial charge in [-0.1, -0.05) is 54.1 Å². The van der Waals surface area contributed by atoms with Crippen molar-refractivity contribution in [1.82, 2.24) is 4.98 Å². The van der Waals surface area contributed by atoms with Gasteiger partial charge in [0.2, 0.25) is 0 Å². The highest BCUT2D eigenvalue weighted by Gasteiger charge is 2.18. The first-order valence-corrected chi connectivity index (χ1v) is 7.19. The lowest BCUT2D eigenvalue weighted by Gasteiger charge is -2.12. The molecule has 21 heavy (non-hydrogen) atoms. The van der Waals surface area contributed by atoms with E-state index < -0.39 is 5.24 Å². The Hall–Kier alpha value is -1.90. The van der Waals surface area contributed by atoms with Gasteiger partial charge in [-0.05, 0) is 30.2 Å². The maximum Gasteiger partial charge on any atom is 0.253 e. The topological polar surface area (TPSA) is 30.0 Å². The van der Waals surface area contributed by atoms with Gasteiger partial charge in [0, 0.05) is 16.5 Å². The Morgan fingerprint density at radius 3 is 2.43 bits per heavy atom. The van der Waals surface area contributed by atoms with Crippen molar-refractivity contribution in [3.05, 3.63) is 64.7 Å². The first-order chi connectivity index (χ1) is 10.1. The highest BCUT2D eigenvalue weighted by Crippen LogP contribution is 2.33. The summed E-state index contributed by atoms with van der Waals surface area (Å²) in [5.74, 6) is 0. The highest BCUT2D eigenvalue weighted by atomic mass is 35.5. The number of benzene rings is 2. The van der Waals surface area contributed by atoms with Crippen LogP contribution in [0.3, 0.4) is 0 Å². The standard InChI is InChI=1S/C17H11Cl2NO/c1-10-14(17(19)21)12-8-5-9-13(18)16(12)20-15(10)11-6-3-2-4-7-11/h2-9H,1H3.